The van der Waals surface area contributed by atoms with Crippen molar-refractivity contribution >= 4 is 0 Å². The van der Waals surface area contributed by atoms with Crippen LogP contribution in [0.3, 0.4) is 0 Å². The molecule has 21 heavy (non-hydrogen) atoms. The lowest BCUT2D eigenvalue weighted by molar-refractivity contribution is 0.322. The van der Waals surface area contributed by atoms with E-state index in [1.54, 1.807) is 6.20 Å². The predicted octanol–water partition coefficient (Wildman–Crippen LogP) is 3.68. The molecule has 2 unspecified atom stereocenters. The Kier molecular flexibility index (Phi) is 4.30. The van der Waals surface area contributed by atoms with Gasteiger partial charge in [0.05, 0.1) is 6.20 Å². The maximum Gasteiger partial charge on any atom is 0.146 e. The van der Waals surface area contributed by atoms with Gasteiger partial charge in [0, 0.05) is 17.8 Å². The largest absolute Gasteiger partial charge is 0.310 e. The molecule has 1 N–H and O–H groups in total. The van der Waals surface area contributed by atoms with E-state index in [0.29, 0.717) is 5.92 Å². The van der Waals surface area contributed by atoms with E-state index in [0.717, 1.165) is 31.4 Å². The van der Waals surface area contributed by atoms with E-state index in [-0.39, 0.29) is 11.9 Å². The summed E-state index contributed by atoms with van der Waals surface area (Å²) in [4.78, 5) is 3.87. The first-order chi connectivity index (χ1) is 10.3. The van der Waals surface area contributed by atoms with Crippen LogP contribution in [-0.2, 0) is 12.8 Å². The van der Waals surface area contributed by atoms with Gasteiger partial charge in [-0.3, -0.25) is 4.98 Å². The third-order valence-corrected chi connectivity index (χ3v) is 4.42. The molecule has 0 spiro atoms. The van der Waals surface area contributed by atoms with Crippen LogP contribution in [0.25, 0.3) is 0 Å². The summed E-state index contributed by atoms with van der Waals surface area (Å²) >= 11 is 0. The average molecular weight is 284 g/mol. The number of pyridine rings is 1. The number of halogens is 1. The van der Waals surface area contributed by atoms with Crippen molar-refractivity contribution in [2.24, 2.45) is 5.92 Å². The summed E-state index contributed by atoms with van der Waals surface area (Å²) in [5, 5.41) is 3.47. The molecule has 1 heterocycles. The second-order valence-corrected chi connectivity index (χ2v) is 5.70. The molecule has 3 rings (SSSR count). The molecule has 0 saturated heterocycles. The Hall–Kier alpha value is -1.74. The van der Waals surface area contributed by atoms with Crippen molar-refractivity contribution in [1.82, 2.24) is 10.3 Å². The molecule has 3 heteroatoms. The minimum absolute atomic E-state index is 0.0614. The van der Waals surface area contributed by atoms with Crippen LogP contribution in [0.2, 0.25) is 0 Å². The van der Waals surface area contributed by atoms with E-state index in [1.807, 2.05) is 6.07 Å². The summed E-state index contributed by atoms with van der Waals surface area (Å²) in [5.41, 5.74) is 3.60. The van der Waals surface area contributed by atoms with Gasteiger partial charge >= 0.3 is 0 Å². The minimum atomic E-state index is -0.206. The number of nitrogens with one attached hydrogen (secondary N) is 1. The molecule has 110 valence electrons. The Morgan fingerprint density at radius 3 is 2.86 bits per heavy atom. The number of rotatable bonds is 4. The number of hydrogen-bond acceptors (Lipinski definition) is 2. The second kappa shape index (κ2) is 6.35. The number of aryl methyl sites for hydroxylation is 1. The molecule has 2 nitrogen and oxygen atoms in total. The first-order valence-corrected chi connectivity index (χ1v) is 7.69. The molecule has 1 aromatic heterocycles. The molecule has 0 radical (unpaired) electrons. The second-order valence-electron chi connectivity index (χ2n) is 5.70. The van der Waals surface area contributed by atoms with Gasteiger partial charge in [-0.15, -0.1) is 0 Å². The van der Waals surface area contributed by atoms with Crippen molar-refractivity contribution in [3.05, 3.63) is 65.2 Å². The van der Waals surface area contributed by atoms with E-state index in [2.05, 4.69) is 41.5 Å². The Labute approximate surface area is 125 Å². The number of aromatic nitrogens is 1. The van der Waals surface area contributed by atoms with Gasteiger partial charge in [-0.05, 0) is 48.9 Å². The standard InChI is InChI=1S/C18H21FN2/c1-2-21-18(16-9-10-20-12-17(16)19)15-8-7-13-5-3-4-6-14(13)11-15/h3-6,9-10,12,15,18,21H,2,7-8,11H2,1H3. The third kappa shape index (κ3) is 2.98. The van der Waals surface area contributed by atoms with Crippen LogP contribution >= 0.6 is 0 Å². The molecule has 1 aliphatic rings. The smallest absolute Gasteiger partial charge is 0.146 e. The summed E-state index contributed by atoms with van der Waals surface area (Å²) in [6, 6.07) is 10.5. The van der Waals surface area contributed by atoms with Crippen LogP contribution in [0.4, 0.5) is 4.39 Å². The average Bonchev–Trinajstić information content (AvgIpc) is 2.53. The maximum absolute atomic E-state index is 14.1. The topological polar surface area (TPSA) is 24.9 Å². The van der Waals surface area contributed by atoms with Crippen molar-refractivity contribution in [2.45, 2.75) is 32.2 Å². The molecular weight excluding hydrogens is 263 g/mol. The molecule has 0 bridgehead atoms. The van der Waals surface area contributed by atoms with Crippen LogP contribution in [0, 0.1) is 11.7 Å². The van der Waals surface area contributed by atoms with Crippen LogP contribution in [0.5, 0.6) is 0 Å². The normalized spacial score (nSPS) is 19.0. The van der Waals surface area contributed by atoms with Gasteiger partial charge in [0.2, 0.25) is 0 Å². The summed E-state index contributed by atoms with van der Waals surface area (Å²) in [7, 11) is 0. The zero-order valence-electron chi connectivity index (χ0n) is 12.3. The van der Waals surface area contributed by atoms with Crippen molar-refractivity contribution in [3.63, 3.8) is 0 Å². The third-order valence-electron chi connectivity index (χ3n) is 4.42. The highest BCUT2D eigenvalue weighted by Crippen LogP contribution is 2.34. The molecule has 2 aromatic rings. The summed E-state index contributed by atoms with van der Waals surface area (Å²) in [5.74, 6) is 0.221. The van der Waals surface area contributed by atoms with Gasteiger partial charge < -0.3 is 5.32 Å². The van der Waals surface area contributed by atoms with Crippen LogP contribution in [0.15, 0.2) is 42.7 Å². The number of hydrogen-bond donors (Lipinski definition) is 1. The highest BCUT2D eigenvalue weighted by Gasteiger charge is 2.28. The van der Waals surface area contributed by atoms with Gasteiger partial charge in [-0.1, -0.05) is 31.2 Å². The molecule has 0 fully saturated rings. The Bertz CT molecular complexity index is 612. The zero-order chi connectivity index (χ0) is 14.7. The molecular formula is C18H21FN2. The summed E-state index contributed by atoms with van der Waals surface area (Å²) in [6.45, 7) is 2.91. The van der Waals surface area contributed by atoms with Gasteiger partial charge in [0.25, 0.3) is 0 Å². The number of fused-ring (bicyclic) bond motifs is 1. The lowest BCUT2D eigenvalue weighted by Crippen LogP contribution is -2.32. The molecule has 1 aliphatic carbocycles. The number of nitrogens with zero attached hydrogens (tertiary/aromatic N) is 1. The summed E-state index contributed by atoms with van der Waals surface area (Å²) in [6.07, 6.45) is 6.18. The Morgan fingerprint density at radius 1 is 1.29 bits per heavy atom. The van der Waals surface area contributed by atoms with Gasteiger partial charge in [-0.2, -0.15) is 0 Å². The van der Waals surface area contributed by atoms with E-state index >= 15 is 0 Å². The van der Waals surface area contributed by atoms with E-state index in [9.17, 15) is 4.39 Å². The molecule has 2 atom stereocenters. The maximum atomic E-state index is 14.1. The van der Waals surface area contributed by atoms with Gasteiger partial charge in [0.1, 0.15) is 5.82 Å². The van der Waals surface area contributed by atoms with E-state index in [4.69, 9.17) is 0 Å². The first-order valence-electron chi connectivity index (χ1n) is 7.69. The lowest BCUT2D eigenvalue weighted by atomic mass is 9.78. The SMILES string of the molecule is CCNC(c1ccncc1F)C1CCc2ccccc2C1. The van der Waals surface area contributed by atoms with Gasteiger partial charge in [0.15, 0.2) is 0 Å². The van der Waals surface area contributed by atoms with Crippen molar-refractivity contribution in [2.75, 3.05) is 6.54 Å². The zero-order valence-corrected chi connectivity index (χ0v) is 12.3. The predicted molar refractivity (Wildman–Crippen MR) is 82.6 cm³/mol. The van der Waals surface area contributed by atoms with E-state index < -0.39 is 0 Å². The fourth-order valence-electron chi connectivity index (χ4n) is 3.40. The molecule has 0 amide bonds. The van der Waals surface area contributed by atoms with Crippen molar-refractivity contribution in [1.29, 1.82) is 0 Å². The minimum Gasteiger partial charge on any atom is -0.310 e. The fraction of sp³-hybridized carbons (Fsp3) is 0.389. The fourth-order valence-corrected chi connectivity index (χ4v) is 3.40. The monoisotopic (exact) mass is 284 g/mol. The van der Waals surface area contributed by atoms with Crippen LogP contribution < -0.4 is 5.32 Å². The Morgan fingerprint density at radius 2 is 2.10 bits per heavy atom. The van der Waals surface area contributed by atoms with Crippen molar-refractivity contribution in [3.8, 4) is 0 Å². The summed E-state index contributed by atoms with van der Waals surface area (Å²) < 4.78 is 14.1. The highest BCUT2D eigenvalue weighted by atomic mass is 19.1. The quantitative estimate of drug-likeness (QED) is 0.926. The van der Waals surface area contributed by atoms with Crippen molar-refractivity contribution < 1.29 is 4.39 Å². The van der Waals surface area contributed by atoms with E-state index in [1.165, 1.54) is 17.3 Å². The van der Waals surface area contributed by atoms with Crippen LogP contribution in [-0.4, -0.2) is 11.5 Å². The molecule has 0 aliphatic heterocycles. The first kappa shape index (κ1) is 14.2. The number of benzene rings is 1. The van der Waals surface area contributed by atoms with Gasteiger partial charge in [-0.25, -0.2) is 4.39 Å². The Balaban J connectivity index is 1.88. The highest BCUT2D eigenvalue weighted by molar-refractivity contribution is 5.31. The van der Waals surface area contributed by atoms with Crippen LogP contribution in [0.1, 0.15) is 36.1 Å². The molecule has 0 saturated carbocycles. The molecule has 1 aromatic carbocycles. The lowest BCUT2D eigenvalue weighted by Gasteiger charge is -2.32.